The molecule has 1 aromatic heterocycles. The van der Waals surface area contributed by atoms with Crippen LogP contribution >= 0.6 is 0 Å². The standard InChI is InChI=1S/C10H12FNO2/c1-10(2,9(13)14-3)7-4-5-12-8(11)6-7/h4-6H,1-3H3. The van der Waals surface area contributed by atoms with E-state index >= 15 is 0 Å². The maximum atomic E-state index is 12.8. The number of carbonyl (C=O) groups excluding carboxylic acids is 1. The Morgan fingerprint density at radius 2 is 2.21 bits per heavy atom. The van der Waals surface area contributed by atoms with E-state index in [-0.39, 0.29) is 0 Å². The lowest BCUT2D eigenvalue weighted by Gasteiger charge is -2.21. The average Bonchev–Trinajstić information content (AvgIpc) is 2.16. The quantitative estimate of drug-likeness (QED) is 0.534. The van der Waals surface area contributed by atoms with Gasteiger partial charge in [-0.15, -0.1) is 0 Å². The van der Waals surface area contributed by atoms with Crippen LogP contribution in [0.2, 0.25) is 0 Å². The van der Waals surface area contributed by atoms with Crippen molar-refractivity contribution in [1.82, 2.24) is 4.98 Å². The van der Waals surface area contributed by atoms with Gasteiger partial charge in [0.1, 0.15) is 0 Å². The third-order valence-electron chi connectivity index (χ3n) is 2.14. The molecule has 0 unspecified atom stereocenters. The zero-order valence-electron chi connectivity index (χ0n) is 8.37. The number of halogens is 1. The van der Waals surface area contributed by atoms with E-state index < -0.39 is 17.3 Å². The molecule has 3 nitrogen and oxygen atoms in total. The fraction of sp³-hybridized carbons (Fsp3) is 0.400. The number of ether oxygens (including phenoxy) is 1. The monoisotopic (exact) mass is 197 g/mol. The van der Waals surface area contributed by atoms with Gasteiger partial charge in [0.2, 0.25) is 5.95 Å². The van der Waals surface area contributed by atoms with Crippen molar-refractivity contribution >= 4 is 5.97 Å². The molecule has 0 saturated carbocycles. The third-order valence-corrected chi connectivity index (χ3v) is 2.14. The summed E-state index contributed by atoms with van der Waals surface area (Å²) in [4.78, 5) is 14.8. The molecule has 1 rings (SSSR count). The van der Waals surface area contributed by atoms with Crippen molar-refractivity contribution in [1.29, 1.82) is 0 Å². The van der Waals surface area contributed by atoms with Crippen molar-refractivity contribution in [2.45, 2.75) is 19.3 Å². The number of hydrogen-bond donors (Lipinski definition) is 0. The highest BCUT2D eigenvalue weighted by atomic mass is 19.1. The molecule has 0 saturated heterocycles. The maximum Gasteiger partial charge on any atom is 0.315 e. The molecule has 0 N–H and O–H groups in total. The molecular weight excluding hydrogens is 185 g/mol. The fourth-order valence-electron chi connectivity index (χ4n) is 1.16. The highest BCUT2D eigenvalue weighted by Crippen LogP contribution is 2.24. The van der Waals surface area contributed by atoms with Gasteiger partial charge in [-0.05, 0) is 31.5 Å². The molecule has 0 atom stereocenters. The lowest BCUT2D eigenvalue weighted by atomic mass is 9.85. The van der Waals surface area contributed by atoms with Gasteiger partial charge in [0, 0.05) is 6.20 Å². The summed E-state index contributed by atoms with van der Waals surface area (Å²) in [6.07, 6.45) is 1.33. The maximum absolute atomic E-state index is 12.8. The molecular formula is C10H12FNO2. The second-order valence-corrected chi connectivity index (χ2v) is 3.48. The van der Waals surface area contributed by atoms with Crippen LogP contribution in [0.1, 0.15) is 19.4 Å². The number of rotatable bonds is 2. The Morgan fingerprint density at radius 1 is 1.57 bits per heavy atom. The number of methoxy groups -OCH3 is 1. The van der Waals surface area contributed by atoms with Crippen LogP contribution in [0.3, 0.4) is 0 Å². The lowest BCUT2D eigenvalue weighted by Crippen LogP contribution is -2.30. The normalized spacial score (nSPS) is 11.1. The Hall–Kier alpha value is -1.45. The topological polar surface area (TPSA) is 39.2 Å². The molecule has 0 fully saturated rings. The van der Waals surface area contributed by atoms with Crippen molar-refractivity contribution < 1.29 is 13.9 Å². The number of aromatic nitrogens is 1. The molecule has 0 amide bonds. The summed E-state index contributed by atoms with van der Waals surface area (Å²) in [6, 6.07) is 2.83. The van der Waals surface area contributed by atoms with Crippen LogP contribution in [0.25, 0.3) is 0 Å². The van der Waals surface area contributed by atoms with Crippen LogP contribution in [0, 0.1) is 5.95 Å². The molecule has 14 heavy (non-hydrogen) atoms. The minimum absolute atomic E-state index is 0.400. The van der Waals surface area contributed by atoms with E-state index in [0.29, 0.717) is 5.56 Å². The van der Waals surface area contributed by atoms with Gasteiger partial charge in [-0.25, -0.2) is 4.98 Å². The highest BCUT2D eigenvalue weighted by molar-refractivity contribution is 5.81. The molecule has 1 heterocycles. The Kier molecular flexibility index (Phi) is 2.84. The Labute approximate surface area is 81.9 Å². The molecule has 1 aromatic rings. The Balaban J connectivity index is 3.09. The zero-order chi connectivity index (χ0) is 10.8. The van der Waals surface area contributed by atoms with Crippen molar-refractivity contribution in [3.63, 3.8) is 0 Å². The first-order chi connectivity index (χ1) is 6.48. The second-order valence-electron chi connectivity index (χ2n) is 3.48. The van der Waals surface area contributed by atoms with Crippen molar-refractivity contribution in [3.05, 3.63) is 29.8 Å². The number of carbonyl (C=O) groups is 1. The van der Waals surface area contributed by atoms with Crippen LogP contribution < -0.4 is 0 Å². The first kappa shape index (κ1) is 10.6. The van der Waals surface area contributed by atoms with E-state index in [1.807, 2.05) is 0 Å². The minimum Gasteiger partial charge on any atom is -0.468 e. The van der Waals surface area contributed by atoms with Crippen LogP contribution in [-0.2, 0) is 14.9 Å². The van der Waals surface area contributed by atoms with Crippen molar-refractivity contribution in [2.75, 3.05) is 7.11 Å². The predicted molar refractivity (Wildman–Crippen MR) is 49.2 cm³/mol. The summed E-state index contributed by atoms with van der Waals surface area (Å²) in [5, 5.41) is 0. The number of nitrogens with zero attached hydrogens (tertiary/aromatic N) is 1. The van der Waals surface area contributed by atoms with Crippen molar-refractivity contribution in [3.8, 4) is 0 Å². The van der Waals surface area contributed by atoms with Crippen LogP contribution in [0.5, 0.6) is 0 Å². The first-order valence-electron chi connectivity index (χ1n) is 4.19. The van der Waals surface area contributed by atoms with Crippen LogP contribution in [-0.4, -0.2) is 18.1 Å². The molecule has 0 bridgehead atoms. The largest absolute Gasteiger partial charge is 0.468 e. The van der Waals surface area contributed by atoms with Gasteiger partial charge < -0.3 is 4.74 Å². The number of pyridine rings is 1. The zero-order valence-corrected chi connectivity index (χ0v) is 8.37. The predicted octanol–water partition coefficient (Wildman–Crippen LogP) is 1.67. The van der Waals surface area contributed by atoms with Crippen LogP contribution in [0.15, 0.2) is 18.3 Å². The molecule has 76 valence electrons. The van der Waals surface area contributed by atoms with Gasteiger partial charge in [-0.2, -0.15) is 4.39 Å². The molecule has 0 aliphatic carbocycles. The highest BCUT2D eigenvalue weighted by Gasteiger charge is 2.31. The SMILES string of the molecule is COC(=O)C(C)(C)c1ccnc(F)c1. The summed E-state index contributed by atoms with van der Waals surface area (Å²) < 4.78 is 17.4. The van der Waals surface area contributed by atoms with E-state index in [1.165, 1.54) is 19.4 Å². The summed E-state index contributed by atoms with van der Waals surface area (Å²) >= 11 is 0. The third kappa shape index (κ3) is 1.89. The molecule has 0 aliphatic rings. The van der Waals surface area contributed by atoms with Gasteiger partial charge >= 0.3 is 5.97 Å². The molecule has 0 spiro atoms. The molecule has 0 radical (unpaired) electrons. The van der Waals surface area contributed by atoms with Gasteiger partial charge in [0.15, 0.2) is 0 Å². The van der Waals surface area contributed by atoms with E-state index in [4.69, 9.17) is 0 Å². The molecule has 0 aliphatic heterocycles. The number of esters is 1. The Morgan fingerprint density at radius 3 is 2.71 bits per heavy atom. The average molecular weight is 197 g/mol. The fourth-order valence-corrected chi connectivity index (χ4v) is 1.16. The smallest absolute Gasteiger partial charge is 0.315 e. The number of hydrogen-bond acceptors (Lipinski definition) is 3. The van der Waals surface area contributed by atoms with Crippen molar-refractivity contribution in [2.24, 2.45) is 0 Å². The lowest BCUT2D eigenvalue weighted by molar-refractivity contribution is -0.146. The summed E-state index contributed by atoms with van der Waals surface area (Å²) in [5.74, 6) is -0.998. The van der Waals surface area contributed by atoms with E-state index in [0.717, 1.165) is 0 Å². The van der Waals surface area contributed by atoms with Gasteiger partial charge in [0.05, 0.1) is 12.5 Å². The second kappa shape index (κ2) is 3.74. The first-order valence-corrected chi connectivity index (χ1v) is 4.19. The van der Waals surface area contributed by atoms with Crippen LogP contribution in [0.4, 0.5) is 4.39 Å². The Bertz CT molecular complexity index is 350. The van der Waals surface area contributed by atoms with E-state index in [9.17, 15) is 9.18 Å². The summed E-state index contributed by atoms with van der Waals surface area (Å²) in [5.41, 5.74) is -0.296. The van der Waals surface area contributed by atoms with E-state index in [2.05, 4.69) is 9.72 Å². The van der Waals surface area contributed by atoms with Gasteiger partial charge in [-0.3, -0.25) is 4.79 Å². The molecule has 4 heteroatoms. The van der Waals surface area contributed by atoms with Gasteiger partial charge in [0.25, 0.3) is 0 Å². The molecule has 0 aromatic carbocycles. The minimum atomic E-state index is -0.849. The van der Waals surface area contributed by atoms with Gasteiger partial charge in [-0.1, -0.05) is 0 Å². The van der Waals surface area contributed by atoms with E-state index in [1.54, 1.807) is 19.9 Å². The summed E-state index contributed by atoms with van der Waals surface area (Å²) in [7, 11) is 1.31. The summed E-state index contributed by atoms with van der Waals surface area (Å²) in [6.45, 7) is 3.35.